The van der Waals surface area contributed by atoms with Gasteiger partial charge in [-0.25, -0.2) is 14.6 Å². The lowest BCUT2D eigenvalue weighted by atomic mass is 10.1. The molecule has 9 nitrogen and oxygen atoms in total. The Hall–Kier alpha value is -4.01. The van der Waals surface area contributed by atoms with Crippen LogP contribution >= 0.6 is 0 Å². The fraction of sp³-hybridized carbons (Fsp3) is 0.333. The highest BCUT2D eigenvalue weighted by molar-refractivity contribution is 5.91. The highest BCUT2D eigenvalue weighted by Crippen LogP contribution is 2.34. The van der Waals surface area contributed by atoms with E-state index < -0.39 is 29.4 Å². The summed E-state index contributed by atoms with van der Waals surface area (Å²) in [5.41, 5.74) is -2.46. The molecule has 1 aromatic carbocycles. The van der Waals surface area contributed by atoms with Crippen LogP contribution < -0.4 is 15.0 Å². The maximum absolute atomic E-state index is 13.4. The number of carbonyl (C=O) groups excluding carboxylic acids is 1. The van der Waals surface area contributed by atoms with Crippen LogP contribution in [0.4, 0.5) is 29.5 Å². The molecule has 33 heavy (non-hydrogen) atoms. The van der Waals surface area contributed by atoms with E-state index in [1.54, 1.807) is 30.3 Å². The van der Waals surface area contributed by atoms with Crippen LogP contribution in [0.3, 0.4) is 0 Å². The Bertz CT molecular complexity index is 1090. The number of para-hydroxylation sites is 2. The molecule has 174 valence electrons. The van der Waals surface area contributed by atoms with Gasteiger partial charge in [-0.15, -0.1) is 0 Å². The molecular formula is C21H20F3N5O4. The largest absolute Gasteiger partial charge is 0.492 e. The molecule has 0 unspecified atom stereocenters. The summed E-state index contributed by atoms with van der Waals surface area (Å²) < 4.78 is 45.5. The summed E-state index contributed by atoms with van der Waals surface area (Å²) in [5, 5.41) is 21.2. The first-order valence-electron chi connectivity index (χ1n) is 9.94. The van der Waals surface area contributed by atoms with Gasteiger partial charge in [-0.2, -0.15) is 18.4 Å². The number of carboxylic acids is 1. The van der Waals surface area contributed by atoms with Crippen molar-refractivity contribution in [3.05, 3.63) is 47.2 Å². The van der Waals surface area contributed by atoms with E-state index in [0.717, 1.165) is 0 Å². The Labute approximate surface area is 187 Å². The van der Waals surface area contributed by atoms with Crippen LogP contribution in [-0.2, 0) is 6.18 Å². The number of anilines is 2. The fourth-order valence-corrected chi connectivity index (χ4v) is 3.37. The van der Waals surface area contributed by atoms with Gasteiger partial charge in [0.05, 0.1) is 23.4 Å². The van der Waals surface area contributed by atoms with Gasteiger partial charge >= 0.3 is 18.2 Å². The molecule has 1 aromatic heterocycles. The van der Waals surface area contributed by atoms with Gasteiger partial charge in [0, 0.05) is 26.2 Å². The van der Waals surface area contributed by atoms with E-state index in [9.17, 15) is 28.0 Å². The van der Waals surface area contributed by atoms with Crippen molar-refractivity contribution >= 4 is 23.5 Å². The first kappa shape index (κ1) is 23.6. The molecule has 1 saturated heterocycles. The van der Waals surface area contributed by atoms with Crippen LogP contribution in [0.15, 0.2) is 30.3 Å². The van der Waals surface area contributed by atoms with E-state index in [0.29, 0.717) is 24.1 Å². The number of aromatic carboxylic acids is 1. The Balaban J connectivity index is 1.76. The van der Waals surface area contributed by atoms with Crippen LogP contribution in [0, 0.1) is 11.3 Å². The average molecular weight is 463 g/mol. The van der Waals surface area contributed by atoms with Crippen LogP contribution in [0.2, 0.25) is 0 Å². The molecule has 1 fully saturated rings. The SMILES string of the molecule is CCOc1ccccc1NC(=O)N1CCN(c2nc(C(F)(F)F)c(C(=O)O)cc2C#N)CC1. The molecule has 0 aliphatic carbocycles. The second-order valence-electron chi connectivity index (χ2n) is 7.00. The van der Waals surface area contributed by atoms with Gasteiger partial charge < -0.3 is 25.0 Å². The van der Waals surface area contributed by atoms with Gasteiger partial charge in [-0.05, 0) is 25.1 Å². The lowest BCUT2D eigenvalue weighted by molar-refractivity contribution is -0.141. The van der Waals surface area contributed by atoms with Gasteiger partial charge in [0.15, 0.2) is 5.69 Å². The molecule has 0 atom stereocenters. The number of nitriles is 1. The third-order valence-electron chi connectivity index (χ3n) is 4.92. The molecule has 0 spiro atoms. The van der Waals surface area contributed by atoms with E-state index in [4.69, 9.17) is 9.84 Å². The number of halogens is 3. The number of aromatic nitrogens is 1. The summed E-state index contributed by atoms with van der Waals surface area (Å²) >= 11 is 0. The van der Waals surface area contributed by atoms with Crippen LogP contribution in [0.5, 0.6) is 5.75 Å². The molecule has 3 rings (SSSR count). The molecular weight excluding hydrogens is 443 g/mol. The quantitative estimate of drug-likeness (QED) is 0.697. The lowest BCUT2D eigenvalue weighted by Crippen LogP contribution is -2.50. The molecule has 0 radical (unpaired) electrons. The summed E-state index contributed by atoms with van der Waals surface area (Å²) in [6.07, 6.45) is -5.01. The number of nitrogens with zero attached hydrogens (tertiary/aromatic N) is 4. The van der Waals surface area contributed by atoms with Crippen molar-refractivity contribution in [3.8, 4) is 11.8 Å². The predicted molar refractivity (Wildman–Crippen MR) is 111 cm³/mol. The molecule has 0 saturated carbocycles. The zero-order chi connectivity index (χ0) is 24.2. The Morgan fingerprint density at radius 3 is 2.48 bits per heavy atom. The number of piperazine rings is 1. The number of amides is 2. The number of carboxylic acid groups (broad SMARTS) is 1. The minimum Gasteiger partial charge on any atom is -0.492 e. The summed E-state index contributed by atoms with van der Waals surface area (Å²) in [7, 11) is 0. The van der Waals surface area contributed by atoms with Crippen molar-refractivity contribution in [3.63, 3.8) is 0 Å². The second-order valence-corrected chi connectivity index (χ2v) is 7.00. The van der Waals surface area contributed by atoms with Crippen molar-refractivity contribution in [1.29, 1.82) is 5.26 Å². The predicted octanol–water partition coefficient (Wildman–Crippen LogP) is 3.42. The van der Waals surface area contributed by atoms with Gasteiger partial charge in [0.25, 0.3) is 0 Å². The van der Waals surface area contributed by atoms with Gasteiger partial charge in [0.1, 0.15) is 17.6 Å². The van der Waals surface area contributed by atoms with Crippen molar-refractivity contribution in [2.75, 3.05) is 43.0 Å². The fourth-order valence-electron chi connectivity index (χ4n) is 3.37. The molecule has 2 amide bonds. The molecule has 12 heteroatoms. The number of benzene rings is 1. The normalized spacial score (nSPS) is 13.9. The van der Waals surface area contributed by atoms with Crippen molar-refractivity contribution < 1.29 is 32.6 Å². The van der Waals surface area contributed by atoms with Crippen molar-refractivity contribution in [2.45, 2.75) is 13.1 Å². The number of pyridine rings is 1. The van der Waals surface area contributed by atoms with Gasteiger partial charge in [-0.1, -0.05) is 12.1 Å². The minimum atomic E-state index is -5.01. The monoisotopic (exact) mass is 463 g/mol. The average Bonchev–Trinajstić information content (AvgIpc) is 2.79. The maximum Gasteiger partial charge on any atom is 0.434 e. The first-order chi connectivity index (χ1) is 15.7. The van der Waals surface area contributed by atoms with E-state index in [1.165, 1.54) is 9.80 Å². The van der Waals surface area contributed by atoms with E-state index in [-0.39, 0.29) is 37.6 Å². The number of urea groups is 1. The van der Waals surface area contributed by atoms with Gasteiger partial charge in [-0.3, -0.25) is 0 Å². The Morgan fingerprint density at radius 1 is 1.24 bits per heavy atom. The number of carbonyl (C=O) groups is 2. The zero-order valence-electron chi connectivity index (χ0n) is 17.5. The zero-order valence-corrected chi connectivity index (χ0v) is 17.5. The van der Waals surface area contributed by atoms with Crippen LogP contribution in [0.25, 0.3) is 0 Å². The highest BCUT2D eigenvalue weighted by Gasteiger charge is 2.39. The summed E-state index contributed by atoms with van der Waals surface area (Å²) in [4.78, 5) is 30.3. The Kier molecular flexibility index (Phi) is 6.91. The molecule has 2 heterocycles. The van der Waals surface area contributed by atoms with Crippen molar-refractivity contribution in [1.82, 2.24) is 9.88 Å². The second kappa shape index (κ2) is 9.64. The van der Waals surface area contributed by atoms with E-state index in [2.05, 4.69) is 10.3 Å². The van der Waals surface area contributed by atoms with E-state index in [1.807, 2.05) is 6.92 Å². The minimum absolute atomic E-state index is 0.103. The molecule has 0 bridgehead atoms. The number of hydrogen-bond donors (Lipinski definition) is 2. The van der Waals surface area contributed by atoms with Crippen molar-refractivity contribution in [2.24, 2.45) is 0 Å². The third kappa shape index (κ3) is 5.25. The maximum atomic E-state index is 13.4. The van der Waals surface area contributed by atoms with Crippen LogP contribution in [0.1, 0.15) is 28.5 Å². The number of nitrogens with one attached hydrogen (secondary N) is 1. The highest BCUT2D eigenvalue weighted by atomic mass is 19.4. The van der Waals surface area contributed by atoms with Gasteiger partial charge in [0.2, 0.25) is 0 Å². The molecule has 1 aliphatic heterocycles. The number of ether oxygens (including phenoxy) is 1. The molecule has 2 aromatic rings. The summed E-state index contributed by atoms with van der Waals surface area (Å²) in [6, 6.07) is 8.89. The molecule has 2 N–H and O–H groups in total. The number of hydrogen-bond acceptors (Lipinski definition) is 6. The first-order valence-corrected chi connectivity index (χ1v) is 9.94. The smallest absolute Gasteiger partial charge is 0.434 e. The summed E-state index contributed by atoms with van der Waals surface area (Å²) in [5.74, 6) is -1.59. The lowest BCUT2D eigenvalue weighted by Gasteiger charge is -2.36. The standard InChI is InChI=1S/C21H20F3N5O4/c1-2-33-16-6-4-3-5-15(16)26-20(32)29-9-7-28(8-10-29)18-13(12-25)11-14(19(30)31)17(27-18)21(22,23)24/h3-6,11H,2,7-10H2,1H3,(H,26,32)(H,30,31). The van der Waals surface area contributed by atoms with E-state index >= 15 is 0 Å². The number of rotatable bonds is 5. The third-order valence-corrected chi connectivity index (χ3v) is 4.92. The Morgan fingerprint density at radius 2 is 1.91 bits per heavy atom. The summed E-state index contributed by atoms with van der Waals surface area (Å²) in [6.45, 7) is 2.74. The topological polar surface area (TPSA) is 119 Å². The van der Waals surface area contributed by atoms with Crippen LogP contribution in [-0.4, -0.2) is 59.8 Å². The molecule has 1 aliphatic rings. The number of alkyl halides is 3.